The average Bonchev–Trinajstić information content (AvgIpc) is 3.70. The molecule has 0 unspecified atom stereocenters. The highest BCUT2D eigenvalue weighted by Crippen LogP contribution is 2.38. The summed E-state index contributed by atoms with van der Waals surface area (Å²) >= 11 is 0. The fourth-order valence-electron chi connectivity index (χ4n) is 8.01. The molecule has 0 amide bonds. The van der Waals surface area contributed by atoms with Gasteiger partial charge in [0.2, 0.25) is 0 Å². The molecule has 51 heavy (non-hydrogen) atoms. The van der Waals surface area contributed by atoms with Crippen LogP contribution in [0.2, 0.25) is 0 Å². The zero-order valence-corrected chi connectivity index (χ0v) is 28.8. The Morgan fingerprint density at radius 3 is 1.75 bits per heavy atom. The minimum Gasteiger partial charge on any atom is -0.313 e. The Balaban J connectivity index is 1.18. The first-order valence-electron chi connectivity index (χ1n) is 17.8. The van der Waals surface area contributed by atoms with Gasteiger partial charge in [0.1, 0.15) is 0 Å². The standard InChI is InChI=1S/C49H38N2/c1-3-15-46-42(4-2)43-20-11-13-22-47(43)50(46)40-27-24-36(25-28-40)37-26-29-49-45(33-37)44-21-12-14-23-48(44)51(49)41-31-38(34-16-7-5-8-17-34)30-39(32-41)35-18-9-6-10-19-35/h3-24,26-27,29-33H,1,25,28H2,2H3/b42-4-,46-15+. The van der Waals surface area contributed by atoms with Crippen LogP contribution in [0.1, 0.15) is 25.3 Å². The molecule has 0 N–H and O–H groups in total. The van der Waals surface area contributed by atoms with Crippen molar-refractivity contribution in [3.05, 3.63) is 187 Å². The lowest BCUT2D eigenvalue weighted by Gasteiger charge is -2.18. The van der Waals surface area contributed by atoms with Crippen molar-refractivity contribution in [2.45, 2.75) is 19.8 Å². The second-order valence-electron chi connectivity index (χ2n) is 13.3. The van der Waals surface area contributed by atoms with Crippen LogP contribution < -0.4 is 10.6 Å². The number of hydrogen-bond donors (Lipinski definition) is 0. The summed E-state index contributed by atoms with van der Waals surface area (Å²) in [6.45, 7) is 6.15. The van der Waals surface area contributed by atoms with Gasteiger partial charge in [0.25, 0.3) is 0 Å². The molecule has 0 spiro atoms. The highest BCUT2D eigenvalue weighted by molar-refractivity contribution is 6.10. The molecular weight excluding hydrogens is 617 g/mol. The molecule has 2 nitrogen and oxygen atoms in total. The largest absolute Gasteiger partial charge is 0.313 e. The number of hydrogen-bond acceptors (Lipinski definition) is 0. The molecule has 0 aliphatic heterocycles. The van der Waals surface area contributed by atoms with Gasteiger partial charge in [-0.2, -0.15) is 0 Å². The van der Waals surface area contributed by atoms with Gasteiger partial charge >= 0.3 is 0 Å². The minimum atomic E-state index is 0.958. The second kappa shape index (κ2) is 12.8. The normalized spacial score (nSPS) is 14.0. The third-order valence-corrected chi connectivity index (χ3v) is 10.4. The highest BCUT2D eigenvalue weighted by Gasteiger charge is 2.18. The highest BCUT2D eigenvalue weighted by atomic mass is 15.0. The molecule has 0 fully saturated rings. The summed E-state index contributed by atoms with van der Waals surface area (Å²) in [5.41, 5.74) is 13.6. The molecule has 2 heteroatoms. The van der Waals surface area contributed by atoms with E-state index in [4.69, 9.17) is 0 Å². The number of nitrogens with zero attached hydrogens (tertiary/aromatic N) is 2. The predicted molar refractivity (Wildman–Crippen MR) is 219 cm³/mol. The molecule has 6 aromatic carbocycles. The maximum Gasteiger partial charge on any atom is 0.0541 e. The van der Waals surface area contributed by atoms with Crippen LogP contribution in [0.3, 0.4) is 0 Å². The molecule has 0 radical (unpaired) electrons. The quantitative estimate of drug-likeness (QED) is 0.169. The van der Waals surface area contributed by atoms with Gasteiger partial charge in [0, 0.05) is 32.8 Å². The molecule has 9 rings (SSSR count). The van der Waals surface area contributed by atoms with Crippen molar-refractivity contribution in [3.63, 3.8) is 0 Å². The summed E-state index contributed by atoms with van der Waals surface area (Å²) in [6, 6.07) is 53.0. The summed E-state index contributed by atoms with van der Waals surface area (Å²) in [5, 5.41) is 6.26. The third-order valence-electron chi connectivity index (χ3n) is 10.4. The van der Waals surface area contributed by atoms with Gasteiger partial charge in [-0.15, -0.1) is 0 Å². The number of fused-ring (bicyclic) bond motifs is 4. The number of rotatable bonds is 6. The van der Waals surface area contributed by atoms with Crippen LogP contribution in [-0.4, -0.2) is 9.13 Å². The van der Waals surface area contributed by atoms with Crippen molar-refractivity contribution in [1.29, 1.82) is 0 Å². The Morgan fingerprint density at radius 2 is 1.12 bits per heavy atom. The van der Waals surface area contributed by atoms with Crippen molar-refractivity contribution >= 4 is 56.1 Å². The Kier molecular flexibility index (Phi) is 7.71. The Hall–Kier alpha value is -6.38. The van der Waals surface area contributed by atoms with Crippen molar-refractivity contribution < 1.29 is 0 Å². The van der Waals surface area contributed by atoms with Gasteiger partial charge in [-0.1, -0.05) is 128 Å². The van der Waals surface area contributed by atoms with E-state index in [1.807, 2.05) is 6.08 Å². The summed E-state index contributed by atoms with van der Waals surface area (Å²) in [6.07, 6.45) is 12.8. The predicted octanol–water partition coefficient (Wildman–Crippen LogP) is 11.6. The molecule has 0 bridgehead atoms. The van der Waals surface area contributed by atoms with Gasteiger partial charge in [0.15, 0.2) is 0 Å². The molecule has 244 valence electrons. The van der Waals surface area contributed by atoms with E-state index in [0.717, 1.165) is 18.5 Å². The summed E-state index contributed by atoms with van der Waals surface area (Å²) in [4.78, 5) is 0. The van der Waals surface area contributed by atoms with Crippen LogP contribution in [0.25, 0.3) is 84.1 Å². The van der Waals surface area contributed by atoms with Gasteiger partial charge in [-0.05, 0) is 108 Å². The van der Waals surface area contributed by atoms with Crippen LogP contribution in [0.5, 0.6) is 0 Å². The van der Waals surface area contributed by atoms with E-state index in [0.29, 0.717) is 0 Å². The average molecular weight is 655 g/mol. The lowest BCUT2D eigenvalue weighted by atomic mass is 9.94. The van der Waals surface area contributed by atoms with E-state index in [1.165, 1.54) is 82.4 Å². The molecule has 0 atom stereocenters. The summed E-state index contributed by atoms with van der Waals surface area (Å²) in [5.74, 6) is 0. The van der Waals surface area contributed by atoms with Gasteiger partial charge in [0.05, 0.1) is 21.9 Å². The van der Waals surface area contributed by atoms with Crippen LogP contribution in [0, 0.1) is 0 Å². The smallest absolute Gasteiger partial charge is 0.0541 e. The monoisotopic (exact) mass is 654 g/mol. The molecular formula is C49H38N2. The zero-order valence-electron chi connectivity index (χ0n) is 28.8. The number of para-hydroxylation sites is 2. The van der Waals surface area contributed by atoms with E-state index < -0.39 is 0 Å². The molecule has 1 aliphatic rings. The van der Waals surface area contributed by atoms with E-state index in [-0.39, 0.29) is 0 Å². The lowest BCUT2D eigenvalue weighted by molar-refractivity contribution is 0.955. The molecule has 0 saturated heterocycles. The van der Waals surface area contributed by atoms with Crippen molar-refractivity contribution in [2.24, 2.45) is 0 Å². The van der Waals surface area contributed by atoms with E-state index in [2.05, 4.69) is 193 Å². The van der Waals surface area contributed by atoms with Crippen molar-refractivity contribution in [3.8, 4) is 27.9 Å². The van der Waals surface area contributed by atoms with E-state index in [9.17, 15) is 0 Å². The second-order valence-corrected chi connectivity index (χ2v) is 13.3. The van der Waals surface area contributed by atoms with Crippen LogP contribution >= 0.6 is 0 Å². The van der Waals surface area contributed by atoms with Crippen molar-refractivity contribution in [2.75, 3.05) is 0 Å². The third kappa shape index (κ3) is 5.28. The fourth-order valence-corrected chi connectivity index (χ4v) is 8.01. The van der Waals surface area contributed by atoms with Gasteiger partial charge in [-0.3, -0.25) is 0 Å². The lowest BCUT2D eigenvalue weighted by Crippen LogP contribution is -2.28. The molecule has 2 heterocycles. The number of allylic oxidation sites excluding steroid dienone is 5. The Bertz CT molecular complexity index is 2750. The topological polar surface area (TPSA) is 9.86 Å². The van der Waals surface area contributed by atoms with Crippen molar-refractivity contribution in [1.82, 2.24) is 9.13 Å². The fraction of sp³-hybridized carbons (Fsp3) is 0.0612. The van der Waals surface area contributed by atoms with E-state index >= 15 is 0 Å². The minimum absolute atomic E-state index is 0.958. The van der Waals surface area contributed by atoms with Gasteiger partial charge in [-0.25, -0.2) is 0 Å². The molecule has 1 aliphatic carbocycles. The number of aromatic nitrogens is 2. The van der Waals surface area contributed by atoms with Crippen LogP contribution in [0.15, 0.2) is 170 Å². The molecule has 8 aromatic rings. The summed E-state index contributed by atoms with van der Waals surface area (Å²) < 4.78 is 4.86. The Labute approximate surface area is 298 Å². The molecule has 0 saturated carbocycles. The van der Waals surface area contributed by atoms with Gasteiger partial charge < -0.3 is 9.13 Å². The van der Waals surface area contributed by atoms with Crippen LogP contribution in [0.4, 0.5) is 0 Å². The number of benzene rings is 6. The molecule has 2 aromatic heterocycles. The first-order valence-corrected chi connectivity index (χ1v) is 17.8. The van der Waals surface area contributed by atoms with E-state index in [1.54, 1.807) is 0 Å². The zero-order chi connectivity index (χ0) is 34.3. The first-order chi connectivity index (χ1) is 25.2. The van der Waals surface area contributed by atoms with Crippen LogP contribution in [-0.2, 0) is 0 Å². The maximum atomic E-state index is 4.03. The SMILES string of the molecule is C=C/C=c1\c(=C/C)c2ccccc2n1C1=CC=C(c2ccc3c(c2)c2ccccc2n3-c2cc(-c3ccccc3)cc(-c3ccccc3)c2)CC1. The maximum absolute atomic E-state index is 4.03. The Morgan fingerprint density at radius 1 is 0.510 bits per heavy atom. The first kappa shape index (κ1) is 30.7. The summed E-state index contributed by atoms with van der Waals surface area (Å²) in [7, 11) is 0.